The Hall–Kier alpha value is -0.130. The predicted molar refractivity (Wildman–Crippen MR) is 50.3 cm³/mol. The van der Waals surface area contributed by atoms with Gasteiger partial charge < -0.3 is 5.73 Å². The monoisotopic (exact) mass is 194 g/mol. The molecular weight excluding hydrogens is 176 g/mol. The largest absolute Gasteiger partial charge is 0.329 e. The molecule has 0 aromatic rings. The minimum atomic E-state index is -3.20. The van der Waals surface area contributed by atoms with Crippen LogP contribution in [0.1, 0.15) is 27.2 Å². The van der Waals surface area contributed by atoms with Gasteiger partial charge in [-0.05, 0) is 20.3 Å². The fraction of sp³-hybridized carbons (Fsp3) is 1.00. The van der Waals surface area contributed by atoms with Crippen LogP contribution in [0.5, 0.6) is 0 Å². The van der Waals surface area contributed by atoms with Gasteiger partial charge in [0.25, 0.3) is 0 Å². The van der Waals surface area contributed by atoms with E-state index in [4.69, 9.17) is 5.73 Å². The molecule has 74 valence electrons. The maximum absolute atomic E-state index is 11.4. The van der Waals surface area contributed by atoms with Crippen molar-refractivity contribution in [3.8, 4) is 0 Å². The molecule has 0 spiro atoms. The van der Waals surface area contributed by atoms with Crippen LogP contribution in [0.2, 0.25) is 0 Å². The van der Waals surface area contributed by atoms with Gasteiger partial charge in [0.05, 0.1) is 5.25 Å². The quantitative estimate of drug-likeness (QED) is 0.649. The van der Waals surface area contributed by atoms with E-state index >= 15 is 0 Å². The number of hydrogen-bond donors (Lipinski definition) is 2. The first kappa shape index (κ1) is 11.9. The average Bonchev–Trinajstić information content (AvgIpc) is 1.85. The van der Waals surface area contributed by atoms with Crippen molar-refractivity contribution in [1.29, 1.82) is 0 Å². The summed E-state index contributed by atoms with van der Waals surface area (Å²) in [5, 5.41) is -0.458. The topological polar surface area (TPSA) is 72.2 Å². The predicted octanol–water partition coefficient (Wildman–Crippen LogP) is 0.0515. The van der Waals surface area contributed by atoms with Gasteiger partial charge in [0.1, 0.15) is 0 Å². The SMILES string of the molecule is CCC(CN)S(=O)(=O)NC(C)C. The molecular formula is C7H18N2O2S. The number of nitrogens with two attached hydrogens (primary N) is 1. The smallest absolute Gasteiger partial charge is 0.215 e. The lowest BCUT2D eigenvalue weighted by Gasteiger charge is -2.16. The summed E-state index contributed by atoms with van der Waals surface area (Å²) in [6.07, 6.45) is 0.554. The second kappa shape index (κ2) is 4.79. The summed E-state index contributed by atoms with van der Waals surface area (Å²) >= 11 is 0. The molecule has 0 bridgehead atoms. The maximum atomic E-state index is 11.4. The van der Waals surface area contributed by atoms with Crippen molar-refractivity contribution in [1.82, 2.24) is 4.72 Å². The van der Waals surface area contributed by atoms with Gasteiger partial charge in [0.2, 0.25) is 10.0 Å². The zero-order valence-electron chi connectivity index (χ0n) is 7.87. The number of nitrogens with one attached hydrogen (secondary N) is 1. The third kappa shape index (κ3) is 3.51. The van der Waals surface area contributed by atoms with Crippen molar-refractivity contribution in [3.05, 3.63) is 0 Å². The molecule has 0 fully saturated rings. The summed E-state index contributed by atoms with van der Waals surface area (Å²) < 4.78 is 25.3. The van der Waals surface area contributed by atoms with Crippen LogP contribution >= 0.6 is 0 Å². The Balaban J connectivity index is 4.38. The van der Waals surface area contributed by atoms with Crippen molar-refractivity contribution >= 4 is 10.0 Å². The molecule has 0 saturated heterocycles. The van der Waals surface area contributed by atoms with Gasteiger partial charge in [-0.1, -0.05) is 6.92 Å². The Kier molecular flexibility index (Phi) is 4.74. The highest BCUT2D eigenvalue weighted by Crippen LogP contribution is 2.02. The molecule has 0 aromatic heterocycles. The van der Waals surface area contributed by atoms with E-state index in [9.17, 15) is 8.42 Å². The summed E-state index contributed by atoms with van der Waals surface area (Å²) in [6, 6.07) is -0.0596. The first-order valence-electron chi connectivity index (χ1n) is 4.15. The van der Waals surface area contributed by atoms with Crippen molar-refractivity contribution in [3.63, 3.8) is 0 Å². The minimum Gasteiger partial charge on any atom is -0.329 e. The van der Waals surface area contributed by atoms with Gasteiger partial charge in [-0.3, -0.25) is 0 Å². The van der Waals surface area contributed by atoms with Crippen LogP contribution in [0.3, 0.4) is 0 Å². The van der Waals surface area contributed by atoms with E-state index in [1.165, 1.54) is 0 Å². The second-order valence-corrected chi connectivity index (χ2v) is 5.08. The van der Waals surface area contributed by atoms with E-state index in [2.05, 4.69) is 4.72 Å². The van der Waals surface area contributed by atoms with E-state index in [-0.39, 0.29) is 12.6 Å². The molecule has 0 amide bonds. The lowest BCUT2D eigenvalue weighted by atomic mass is 10.3. The third-order valence-electron chi connectivity index (χ3n) is 1.56. The van der Waals surface area contributed by atoms with Crippen molar-refractivity contribution in [2.24, 2.45) is 5.73 Å². The highest BCUT2D eigenvalue weighted by molar-refractivity contribution is 7.90. The Bertz CT molecular complexity index is 207. The van der Waals surface area contributed by atoms with Gasteiger partial charge in [-0.25, -0.2) is 13.1 Å². The van der Waals surface area contributed by atoms with E-state index in [0.29, 0.717) is 6.42 Å². The molecule has 5 heteroatoms. The highest BCUT2D eigenvalue weighted by Gasteiger charge is 2.22. The molecule has 1 atom stereocenters. The van der Waals surface area contributed by atoms with Crippen molar-refractivity contribution in [2.45, 2.75) is 38.5 Å². The molecule has 4 nitrogen and oxygen atoms in total. The Morgan fingerprint density at radius 2 is 1.92 bits per heavy atom. The maximum Gasteiger partial charge on any atom is 0.215 e. The van der Waals surface area contributed by atoms with Crippen LogP contribution in [0.4, 0.5) is 0 Å². The number of rotatable bonds is 5. The molecule has 0 heterocycles. The third-order valence-corrected chi connectivity index (χ3v) is 3.76. The van der Waals surface area contributed by atoms with Gasteiger partial charge in [0, 0.05) is 12.6 Å². The zero-order valence-corrected chi connectivity index (χ0v) is 8.69. The molecule has 0 aromatic carbocycles. The van der Waals surface area contributed by atoms with Crippen LogP contribution in [-0.4, -0.2) is 26.3 Å². The molecule has 12 heavy (non-hydrogen) atoms. The summed E-state index contributed by atoms with van der Waals surface area (Å²) in [4.78, 5) is 0. The fourth-order valence-electron chi connectivity index (χ4n) is 0.938. The number of sulfonamides is 1. The molecule has 0 radical (unpaired) electrons. The Morgan fingerprint density at radius 1 is 1.42 bits per heavy atom. The van der Waals surface area contributed by atoms with Crippen LogP contribution in [0.15, 0.2) is 0 Å². The van der Waals surface area contributed by atoms with Crippen molar-refractivity contribution in [2.75, 3.05) is 6.54 Å². The molecule has 1 unspecified atom stereocenters. The summed E-state index contributed by atoms with van der Waals surface area (Å²) in [5.74, 6) is 0. The average molecular weight is 194 g/mol. The van der Waals surface area contributed by atoms with E-state index in [1.807, 2.05) is 6.92 Å². The molecule has 0 saturated carbocycles. The van der Waals surface area contributed by atoms with Crippen molar-refractivity contribution < 1.29 is 8.42 Å². The van der Waals surface area contributed by atoms with Gasteiger partial charge in [0.15, 0.2) is 0 Å². The Labute approximate surface area is 74.6 Å². The fourth-order valence-corrected chi connectivity index (χ4v) is 2.48. The molecule has 3 N–H and O–H groups in total. The lowest BCUT2D eigenvalue weighted by molar-refractivity contribution is 0.550. The number of hydrogen-bond acceptors (Lipinski definition) is 3. The zero-order chi connectivity index (χ0) is 9.78. The summed E-state index contributed by atoms with van der Waals surface area (Å²) in [5.41, 5.74) is 5.33. The van der Waals surface area contributed by atoms with E-state index < -0.39 is 15.3 Å². The Morgan fingerprint density at radius 3 is 2.17 bits per heavy atom. The first-order chi connectivity index (χ1) is 5.44. The van der Waals surface area contributed by atoms with Gasteiger partial charge in [-0.2, -0.15) is 0 Å². The molecule has 0 rings (SSSR count). The molecule has 0 aliphatic carbocycles. The molecule has 0 aliphatic rings. The van der Waals surface area contributed by atoms with Gasteiger partial charge >= 0.3 is 0 Å². The van der Waals surface area contributed by atoms with Gasteiger partial charge in [-0.15, -0.1) is 0 Å². The highest BCUT2D eigenvalue weighted by atomic mass is 32.2. The van der Waals surface area contributed by atoms with Crippen LogP contribution in [-0.2, 0) is 10.0 Å². The van der Waals surface area contributed by atoms with E-state index in [0.717, 1.165) is 0 Å². The van der Waals surface area contributed by atoms with Crippen LogP contribution in [0.25, 0.3) is 0 Å². The summed E-state index contributed by atoms with van der Waals surface area (Å²) in [6.45, 7) is 5.58. The molecule has 0 aliphatic heterocycles. The standard InChI is InChI=1S/C7H18N2O2S/c1-4-7(5-8)12(10,11)9-6(2)3/h6-7,9H,4-5,8H2,1-3H3. The van der Waals surface area contributed by atoms with E-state index in [1.54, 1.807) is 13.8 Å². The summed E-state index contributed by atoms with van der Waals surface area (Å²) in [7, 11) is -3.20. The lowest BCUT2D eigenvalue weighted by Crippen LogP contribution is -2.41. The normalized spacial score (nSPS) is 15.1. The van der Waals surface area contributed by atoms with Crippen LogP contribution < -0.4 is 10.5 Å². The van der Waals surface area contributed by atoms with Crippen LogP contribution in [0, 0.1) is 0 Å². The second-order valence-electron chi connectivity index (χ2n) is 3.08. The minimum absolute atomic E-state index is 0.0596. The first-order valence-corrected chi connectivity index (χ1v) is 5.69.